The van der Waals surface area contributed by atoms with Gasteiger partial charge in [-0.05, 0) is 57.2 Å². The summed E-state index contributed by atoms with van der Waals surface area (Å²) in [5, 5.41) is 3.47. The summed E-state index contributed by atoms with van der Waals surface area (Å²) in [5.41, 5.74) is 1.49. The van der Waals surface area contributed by atoms with E-state index in [4.69, 9.17) is 4.74 Å². The van der Waals surface area contributed by atoms with Gasteiger partial charge in [-0.25, -0.2) is 0 Å². The molecule has 0 aliphatic rings. The van der Waals surface area contributed by atoms with E-state index in [1.807, 2.05) is 6.07 Å². The lowest BCUT2D eigenvalue weighted by Crippen LogP contribution is -2.41. The Kier molecular flexibility index (Phi) is 6.07. The smallest absolute Gasteiger partial charge is 0.120 e. The Morgan fingerprint density at radius 1 is 1.10 bits per heavy atom. The molecule has 2 heteroatoms. The number of hydrogen-bond acceptors (Lipinski definition) is 2. The van der Waals surface area contributed by atoms with Crippen molar-refractivity contribution in [2.45, 2.75) is 66.0 Å². The predicted molar refractivity (Wildman–Crippen MR) is 87.5 cm³/mol. The number of hydrogen-bond donors (Lipinski definition) is 1. The van der Waals surface area contributed by atoms with E-state index in [-0.39, 0.29) is 11.6 Å². The van der Waals surface area contributed by atoms with Gasteiger partial charge in [0, 0.05) is 12.1 Å². The Morgan fingerprint density at radius 2 is 1.75 bits per heavy atom. The van der Waals surface area contributed by atoms with Crippen molar-refractivity contribution in [2.24, 2.45) is 5.92 Å². The predicted octanol–water partition coefficient (Wildman–Crippen LogP) is 4.60. The van der Waals surface area contributed by atoms with Gasteiger partial charge in [0.05, 0.1) is 0 Å². The lowest BCUT2D eigenvalue weighted by Gasteiger charge is -2.24. The van der Waals surface area contributed by atoms with Crippen LogP contribution in [0.3, 0.4) is 0 Å². The molecular weight excluding hydrogens is 246 g/mol. The number of nitrogens with one attached hydrogen (secondary N) is 1. The lowest BCUT2D eigenvalue weighted by atomic mass is 9.90. The fourth-order valence-electron chi connectivity index (χ4n) is 1.98. The van der Waals surface area contributed by atoms with Crippen molar-refractivity contribution in [1.82, 2.24) is 5.32 Å². The standard InChI is InChI=1S/C18H31NO/c1-13(2)15(4)16-9-8-10-17(11-16)20-14(3)12-19-18(5,6)7/h8-11,13-15,19H,12H2,1-7H3/t14-,15+/m1/s1. The Hall–Kier alpha value is -1.02. The molecule has 20 heavy (non-hydrogen) atoms. The number of rotatable bonds is 6. The second kappa shape index (κ2) is 7.12. The van der Waals surface area contributed by atoms with E-state index in [0.717, 1.165) is 12.3 Å². The minimum Gasteiger partial charge on any atom is -0.489 e. The quantitative estimate of drug-likeness (QED) is 0.820. The maximum atomic E-state index is 6.02. The van der Waals surface area contributed by atoms with Gasteiger partial charge >= 0.3 is 0 Å². The molecule has 1 N–H and O–H groups in total. The molecule has 0 saturated carbocycles. The number of ether oxygens (including phenoxy) is 1. The fourth-order valence-corrected chi connectivity index (χ4v) is 1.98. The van der Waals surface area contributed by atoms with Gasteiger partial charge in [0.25, 0.3) is 0 Å². The van der Waals surface area contributed by atoms with Gasteiger partial charge in [-0.2, -0.15) is 0 Å². The van der Waals surface area contributed by atoms with Crippen LogP contribution < -0.4 is 10.1 Å². The molecule has 0 bridgehead atoms. The first kappa shape index (κ1) is 17.0. The van der Waals surface area contributed by atoms with Crippen molar-refractivity contribution >= 4 is 0 Å². The third kappa shape index (κ3) is 5.96. The van der Waals surface area contributed by atoms with E-state index in [0.29, 0.717) is 11.8 Å². The minimum atomic E-state index is 0.131. The van der Waals surface area contributed by atoms with Crippen LogP contribution in [-0.4, -0.2) is 18.2 Å². The van der Waals surface area contributed by atoms with Gasteiger partial charge in [0.2, 0.25) is 0 Å². The molecule has 0 saturated heterocycles. The van der Waals surface area contributed by atoms with Crippen LogP contribution in [0, 0.1) is 5.92 Å². The number of benzene rings is 1. The molecule has 114 valence electrons. The molecule has 0 radical (unpaired) electrons. The van der Waals surface area contributed by atoms with Gasteiger partial charge < -0.3 is 10.1 Å². The molecule has 0 amide bonds. The third-order valence-corrected chi connectivity index (χ3v) is 3.64. The lowest BCUT2D eigenvalue weighted by molar-refractivity contribution is 0.203. The highest BCUT2D eigenvalue weighted by Crippen LogP contribution is 2.26. The van der Waals surface area contributed by atoms with Crippen molar-refractivity contribution in [1.29, 1.82) is 0 Å². The summed E-state index contributed by atoms with van der Waals surface area (Å²) in [7, 11) is 0. The summed E-state index contributed by atoms with van der Waals surface area (Å²) in [4.78, 5) is 0. The second-order valence-electron chi connectivity index (χ2n) is 7.16. The highest BCUT2D eigenvalue weighted by Gasteiger charge is 2.13. The molecule has 0 fully saturated rings. The molecule has 0 heterocycles. The van der Waals surface area contributed by atoms with Crippen molar-refractivity contribution in [3.05, 3.63) is 29.8 Å². The van der Waals surface area contributed by atoms with Crippen molar-refractivity contribution < 1.29 is 4.74 Å². The normalized spacial score (nSPS) is 15.2. The minimum absolute atomic E-state index is 0.131. The van der Waals surface area contributed by atoms with E-state index in [1.54, 1.807) is 0 Å². The van der Waals surface area contributed by atoms with Crippen LogP contribution in [0.25, 0.3) is 0 Å². The van der Waals surface area contributed by atoms with E-state index in [9.17, 15) is 0 Å². The van der Waals surface area contributed by atoms with E-state index < -0.39 is 0 Å². The van der Waals surface area contributed by atoms with Crippen LogP contribution in [0.4, 0.5) is 0 Å². The molecule has 0 aromatic heterocycles. The van der Waals surface area contributed by atoms with Crippen LogP contribution in [0.1, 0.15) is 59.9 Å². The second-order valence-corrected chi connectivity index (χ2v) is 7.16. The monoisotopic (exact) mass is 277 g/mol. The summed E-state index contributed by atoms with van der Waals surface area (Å²) in [6.45, 7) is 16.3. The Balaban J connectivity index is 2.62. The van der Waals surface area contributed by atoms with Gasteiger partial charge in [0.1, 0.15) is 11.9 Å². The molecule has 0 unspecified atom stereocenters. The van der Waals surface area contributed by atoms with Gasteiger partial charge in [-0.15, -0.1) is 0 Å². The zero-order chi connectivity index (χ0) is 15.3. The molecule has 0 aliphatic carbocycles. The maximum Gasteiger partial charge on any atom is 0.120 e. The average molecular weight is 277 g/mol. The summed E-state index contributed by atoms with van der Waals surface area (Å²) >= 11 is 0. The molecule has 0 aliphatic heterocycles. The van der Waals surface area contributed by atoms with Crippen molar-refractivity contribution in [3.8, 4) is 5.75 Å². The summed E-state index contributed by atoms with van der Waals surface area (Å²) in [6, 6.07) is 8.51. The molecule has 1 aromatic rings. The highest BCUT2D eigenvalue weighted by atomic mass is 16.5. The van der Waals surface area contributed by atoms with Crippen molar-refractivity contribution in [2.75, 3.05) is 6.54 Å². The molecule has 1 rings (SSSR count). The summed E-state index contributed by atoms with van der Waals surface area (Å²) < 4.78 is 6.02. The molecule has 0 spiro atoms. The zero-order valence-corrected chi connectivity index (χ0v) is 14.2. The van der Waals surface area contributed by atoms with Crippen molar-refractivity contribution in [3.63, 3.8) is 0 Å². The topological polar surface area (TPSA) is 21.3 Å². The highest BCUT2D eigenvalue weighted by molar-refractivity contribution is 5.31. The average Bonchev–Trinajstić information content (AvgIpc) is 2.35. The maximum absolute atomic E-state index is 6.02. The summed E-state index contributed by atoms with van der Waals surface area (Å²) in [6.07, 6.45) is 0.166. The first-order chi connectivity index (χ1) is 9.19. The molecular formula is C18H31NO. The van der Waals surface area contributed by atoms with Crippen LogP contribution in [0.2, 0.25) is 0 Å². The summed E-state index contributed by atoms with van der Waals surface area (Å²) in [5.74, 6) is 2.17. The van der Waals surface area contributed by atoms with Crippen LogP contribution >= 0.6 is 0 Å². The zero-order valence-electron chi connectivity index (χ0n) is 14.2. The van der Waals surface area contributed by atoms with E-state index in [2.05, 4.69) is 72.0 Å². The van der Waals surface area contributed by atoms with Gasteiger partial charge in [0.15, 0.2) is 0 Å². The molecule has 2 atom stereocenters. The van der Waals surface area contributed by atoms with Crippen LogP contribution in [0.5, 0.6) is 5.75 Å². The Bertz CT molecular complexity index is 406. The van der Waals surface area contributed by atoms with Gasteiger partial charge in [-0.3, -0.25) is 0 Å². The largest absolute Gasteiger partial charge is 0.489 e. The Labute approximate surface area is 124 Å². The first-order valence-electron chi connectivity index (χ1n) is 7.70. The third-order valence-electron chi connectivity index (χ3n) is 3.64. The SMILES string of the molecule is CC(C)[C@H](C)c1cccc(O[C@H](C)CNC(C)(C)C)c1. The van der Waals surface area contributed by atoms with E-state index >= 15 is 0 Å². The molecule has 1 aromatic carbocycles. The van der Waals surface area contributed by atoms with Crippen LogP contribution in [-0.2, 0) is 0 Å². The first-order valence-corrected chi connectivity index (χ1v) is 7.70. The van der Waals surface area contributed by atoms with Crippen LogP contribution in [0.15, 0.2) is 24.3 Å². The Morgan fingerprint density at radius 3 is 2.30 bits per heavy atom. The van der Waals surface area contributed by atoms with Gasteiger partial charge in [-0.1, -0.05) is 32.9 Å². The van der Waals surface area contributed by atoms with E-state index in [1.165, 1.54) is 5.56 Å². The molecule has 2 nitrogen and oxygen atoms in total. The fraction of sp³-hybridized carbons (Fsp3) is 0.667.